The highest BCUT2D eigenvalue weighted by atomic mass is 32.1. The van der Waals surface area contributed by atoms with Crippen molar-refractivity contribution in [2.24, 2.45) is 0 Å². The molecule has 0 spiro atoms. The van der Waals surface area contributed by atoms with Crippen molar-refractivity contribution in [3.63, 3.8) is 0 Å². The van der Waals surface area contributed by atoms with Gasteiger partial charge in [0.2, 0.25) is 5.91 Å². The first-order valence-electron chi connectivity index (χ1n) is 4.32. The summed E-state index contributed by atoms with van der Waals surface area (Å²) in [5.41, 5.74) is 0. The van der Waals surface area contributed by atoms with Crippen LogP contribution in [0.25, 0.3) is 0 Å². The molecule has 4 nitrogen and oxygen atoms in total. The van der Waals surface area contributed by atoms with Crippen molar-refractivity contribution in [1.82, 2.24) is 4.90 Å². The Bertz CT molecular complexity index is 188. The van der Waals surface area contributed by atoms with Crippen molar-refractivity contribution >= 4 is 18.5 Å². The molecule has 0 aromatic carbocycles. The Morgan fingerprint density at radius 2 is 2.38 bits per heavy atom. The maximum Gasteiger partial charge on any atom is 0.232 e. The Hall–Kier alpha value is -0.260. The van der Waals surface area contributed by atoms with Crippen LogP contribution < -0.4 is 0 Å². The first-order chi connectivity index (χ1) is 6.17. The predicted molar refractivity (Wildman–Crippen MR) is 51.9 cm³/mol. The van der Waals surface area contributed by atoms with Gasteiger partial charge in [-0.3, -0.25) is 4.79 Å². The summed E-state index contributed by atoms with van der Waals surface area (Å²) in [6.45, 7) is 2.91. The number of aliphatic hydroxyl groups excluding tert-OH is 1. The fourth-order valence-electron chi connectivity index (χ4n) is 1.45. The van der Waals surface area contributed by atoms with Crippen molar-refractivity contribution in [3.05, 3.63) is 0 Å². The monoisotopic (exact) mass is 205 g/mol. The van der Waals surface area contributed by atoms with Crippen LogP contribution >= 0.6 is 12.6 Å². The molecule has 5 heteroatoms. The number of nitrogens with zero attached hydrogens (tertiary/aromatic N) is 1. The van der Waals surface area contributed by atoms with Gasteiger partial charge in [0.1, 0.15) is 0 Å². The summed E-state index contributed by atoms with van der Waals surface area (Å²) in [5.74, 6) is 0.210. The Balaban J connectivity index is 2.51. The molecule has 0 bridgehead atoms. The van der Waals surface area contributed by atoms with Crippen LogP contribution in [0, 0.1) is 0 Å². The highest BCUT2D eigenvalue weighted by Crippen LogP contribution is 2.10. The normalized spacial score (nSPS) is 29.0. The van der Waals surface area contributed by atoms with E-state index in [4.69, 9.17) is 9.84 Å². The lowest BCUT2D eigenvalue weighted by Gasteiger charge is -2.35. The number of thiol groups is 1. The molecule has 1 N–H and O–H groups in total. The summed E-state index contributed by atoms with van der Waals surface area (Å²) in [6, 6.07) is 0. The lowest BCUT2D eigenvalue weighted by Crippen LogP contribution is -2.50. The Kier molecular flexibility index (Phi) is 4.02. The smallest absolute Gasteiger partial charge is 0.232 e. The van der Waals surface area contributed by atoms with Gasteiger partial charge in [-0.15, -0.1) is 0 Å². The van der Waals surface area contributed by atoms with Gasteiger partial charge < -0.3 is 14.7 Å². The van der Waals surface area contributed by atoms with Crippen LogP contribution in [0.2, 0.25) is 0 Å². The van der Waals surface area contributed by atoms with Gasteiger partial charge in [-0.05, 0) is 6.92 Å². The molecule has 0 radical (unpaired) electrons. The summed E-state index contributed by atoms with van der Waals surface area (Å²) in [7, 11) is 0. The van der Waals surface area contributed by atoms with E-state index in [1.165, 1.54) is 0 Å². The average molecular weight is 205 g/mol. The number of rotatable bonds is 2. The molecular weight excluding hydrogens is 190 g/mol. The van der Waals surface area contributed by atoms with E-state index in [0.29, 0.717) is 13.1 Å². The zero-order valence-corrected chi connectivity index (χ0v) is 8.54. The van der Waals surface area contributed by atoms with E-state index >= 15 is 0 Å². The predicted octanol–water partition coefficient (Wildman–Crippen LogP) is -0.476. The second kappa shape index (κ2) is 4.83. The number of hydrogen-bond donors (Lipinski definition) is 2. The van der Waals surface area contributed by atoms with Crippen molar-refractivity contribution in [1.29, 1.82) is 0 Å². The molecule has 0 aromatic rings. The summed E-state index contributed by atoms with van der Waals surface area (Å²) >= 11 is 3.92. The van der Waals surface area contributed by atoms with E-state index in [1.54, 1.807) is 4.90 Å². The minimum Gasteiger partial charge on any atom is -0.394 e. The summed E-state index contributed by atoms with van der Waals surface area (Å²) < 4.78 is 5.39. The molecule has 1 fully saturated rings. The Morgan fingerprint density at radius 3 is 2.92 bits per heavy atom. The summed E-state index contributed by atoms with van der Waals surface area (Å²) in [5, 5.41) is 8.90. The number of carbonyl (C=O) groups is 1. The number of aliphatic hydroxyl groups is 1. The Labute approximate surface area is 83.3 Å². The van der Waals surface area contributed by atoms with E-state index in [2.05, 4.69) is 12.6 Å². The molecule has 1 amide bonds. The van der Waals surface area contributed by atoms with E-state index in [-0.39, 0.29) is 30.5 Å². The van der Waals surface area contributed by atoms with Gasteiger partial charge in [0, 0.05) is 13.1 Å². The summed E-state index contributed by atoms with van der Waals surface area (Å²) in [4.78, 5) is 13.0. The van der Waals surface area contributed by atoms with Crippen LogP contribution in [0.3, 0.4) is 0 Å². The van der Waals surface area contributed by atoms with Crippen LogP contribution in [0.5, 0.6) is 0 Å². The van der Waals surface area contributed by atoms with Crippen LogP contribution in [0.4, 0.5) is 0 Å². The fourth-order valence-corrected chi connectivity index (χ4v) is 1.65. The first kappa shape index (κ1) is 10.8. The van der Waals surface area contributed by atoms with Crippen LogP contribution in [0.1, 0.15) is 6.92 Å². The van der Waals surface area contributed by atoms with Crippen LogP contribution in [0.15, 0.2) is 0 Å². The molecule has 13 heavy (non-hydrogen) atoms. The van der Waals surface area contributed by atoms with Crippen molar-refractivity contribution in [3.8, 4) is 0 Å². The molecule has 0 saturated carbocycles. The topological polar surface area (TPSA) is 49.8 Å². The average Bonchev–Trinajstić information content (AvgIpc) is 2.15. The van der Waals surface area contributed by atoms with E-state index < -0.39 is 0 Å². The standard InChI is InChI=1S/C8H15NO3S/c1-6-2-9(8(11)5-13)3-7(4-10)12-6/h6-7,10,13H,2-5H2,1H3. The third kappa shape index (κ3) is 2.86. The van der Waals surface area contributed by atoms with Crippen molar-refractivity contribution < 1.29 is 14.6 Å². The summed E-state index contributed by atoms with van der Waals surface area (Å²) in [6.07, 6.45) is -0.248. The second-order valence-corrected chi connectivity index (χ2v) is 3.52. The number of ether oxygens (including phenoxy) is 1. The third-order valence-corrected chi connectivity index (χ3v) is 2.29. The van der Waals surface area contributed by atoms with Gasteiger partial charge in [-0.25, -0.2) is 0 Å². The molecule has 0 aliphatic carbocycles. The molecule has 2 unspecified atom stereocenters. The molecule has 1 saturated heterocycles. The minimum absolute atomic E-state index is 0.00284. The lowest BCUT2D eigenvalue weighted by molar-refractivity contribution is -0.144. The molecule has 2 atom stereocenters. The van der Waals surface area contributed by atoms with Crippen LogP contribution in [-0.2, 0) is 9.53 Å². The first-order valence-corrected chi connectivity index (χ1v) is 4.95. The van der Waals surface area contributed by atoms with Gasteiger partial charge >= 0.3 is 0 Å². The number of carbonyl (C=O) groups excluding carboxylic acids is 1. The highest BCUT2D eigenvalue weighted by molar-refractivity contribution is 7.81. The largest absolute Gasteiger partial charge is 0.394 e. The minimum atomic E-state index is -0.243. The molecular formula is C8H15NO3S. The molecule has 1 aliphatic rings. The SMILES string of the molecule is CC1CN(C(=O)CS)CC(CO)O1. The number of morpholine rings is 1. The van der Waals surface area contributed by atoms with Gasteiger partial charge in [-0.1, -0.05) is 0 Å². The third-order valence-electron chi connectivity index (χ3n) is 2.02. The molecule has 76 valence electrons. The molecule has 0 aromatic heterocycles. The van der Waals surface area contributed by atoms with Gasteiger partial charge in [0.05, 0.1) is 24.6 Å². The van der Waals surface area contributed by atoms with E-state index in [1.807, 2.05) is 6.92 Å². The Morgan fingerprint density at radius 1 is 1.69 bits per heavy atom. The molecule has 1 heterocycles. The van der Waals surface area contributed by atoms with Gasteiger partial charge in [-0.2, -0.15) is 12.6 Å². The van der Waals surface area contributed by atoms with Crippen molar-refractivity contribution in [2.75, 3.05) is 25.4 Å². The van der Waals surface area contributed by atoms with E-state index in [0.717, 1.165) is 0 Å². The van der Waals surface area contributed by atoms with E-state index in [9.17, 15) is 4.79 Å². The van der Waals surface area contributed by atoms with Crippen molar-refractivity contribution in [2.45, 2.75) is 19.1 Å². The fraction of sp³-hybridized carbons (Fsp3) is 0.875. The zero-order valence-electron chi connectivity index (χ0n) is 7.64. The maximum absolute atomic E-state index is 11.3. The molecule has 1 rings (SSSR count). The number of hydrogen-bond acceptors (Lipinski definition) is 4. The molecule has 1 aliphatic heterocycles. The zero-order chi connectivity index (χ0) is 9.84. The van der Waals surface area contributed by atoms with Crippen LogP contribution in [-0.4, -0.2) is 53.6 Å². The lowest BCUT2D eigenvalue weighted by atomic mass is 10.2. The highest BCUT2D eigenvalue weighted by Gasteiger charge is 2.26. The van der Waals surface area contributed by atoms with Gasteiger partial charge in [0.15, 0.2) is 0 Å². The maximum atomic E-state index is 11.3. The number of amides is 1. The second-order valence-electron chi connectivity index (χ2n) is 3.21. The quantitative estimate of drug-likeness (QED) is 0.599. The van der Waals surface area contributed by atoms with Gasteiger partial charge in [0.25, 0.3) is 0 Å².